The van der Waals surface area contributed by atoms with Gasteiger partial charge in [-0.05, 0) is 35.4 Å². The van der Waals surface area contributed by atoms with Crippen LogP contribution in [-0.2, 0) is 0 Å². The van der Waals surface area contributed by atoms with Crippen LogP contribution in [0.2, 0.25) is 0 Å². The summed E-state index contributed by atoms with van der Waals surface area (Å²) in [6, 6.07) is 34.9. The number of benzene rings is 4. The highest BCUT2D eigenvalue weighted by atomic mass is 16.4. The SMILES string of the molecule is CC(C)c1nnc(-c2ccc(-c3ccc(-c4nc5ccccc5nc4-c4ccccc4)cc3)cc2)o1. The molecular formula is C31H24N4O. The van der Waals surface area contributed by atoms with Crippen molar-refractivity contribution < 1.29 is 4.42 Å². The second-order valence-electron chi connectivity index (χ2n) is 9.03. The first kappa shape index (κ1) is 21.9. The number of rotatable bonds is 5. The van der Waals surface area contributed by atoms with Crippen LogP contribution in [0.4, 0.5) is 0 Å². The zero-order valence-corrected chi connectivity index (χ0v) is 20.1. The predicted octanol–water partition coefficient (Wildman–Crippen LogP) is 7.80. The minimum absolute atomic E-state index is 0.207. The Balaban J connectivity index is 1.34. The van der Waals surface area contributed by atoms with Crippen LogP contribution in [-0.4, -0.2) is 20.2 Å². The zero-order chi connectivity index (χ0) is 24.5. The van der Waals surface area contributed by atoms with Crippen molar-refractivity contribution >= 4 is 11.0 Å². The number of aromatic nitrogens is 4. The molecular weight excluding hydrogens is 444 g/mol. The summed E-state index contributed by atoms with van der Waals surface area (Å²) in [6.07, 6.45) is 0. The molecule has 0 saturated heterocycles. The van der Waals surface area contributed by atoms with Crippen LogP contribution in [0.15, 0.2) is 108 Å². The highest BCUT2D eigenvalue weighted by Gasteiger charge is 2.14. The first-order valence-electron chi connectivity index (χ1n) is 12.0. The maximum atomic E-state index is 5.78. The number of nitrogens with zero attached hydrogens (tertiary/aromatic N) is 4. The molecule has 0 aliphatic rings. The molecule has 2 heterocycles. The Bertz CT molecular complexity index is 1640. The van der Waals surface area contributed by atoms with Crippen LogP contribution in [0.5, 0.6) is 0 Å². The zero-order valence-electron chi connectivity index (χ0n) is 20.1. The lowest BCUT2D eigenvalue weighted by Crippen LogP contribution is -1.95. The normalized spacial score (nSPS) is 11.3. The van der Waals surface area contributed by atoms with Crippen molar-refractivity contribution in [1.82, 2.24) is 20.2 Å². The van der Waals surface area contributed by atoms with Crippen molar-refractivity contribution in [3.8, 4) is 45.1 Å². The molecule has 6 aromatic rings. The lowest BCUT2D eigenvalue weighted by molar-refractivity contribution is 0.481. The maximum absolute atomic E-state index is 5.78. The van der Waals surface area contributed by atoms with Crippen LogP contribution >= 0.6 is 0 Å². The van der Waals surface area contributed by atoms with E-state index in [2.05, 4.69) is 58.7 Å². The van der Waals surface area contributed by atoms with Gasteiger partial charge in [-0.2, -0.15) is 0 Å². The van der Waals surface area contributed by atoms with Gasteiger partial charge in [0.1, 0.15) is 0 Å². The van der Waals surface area contributed by atoms with Gasteiger partial charge in [0, 0.05) is 22.6 Å². The molecule has 0 radical (unpaired) electrons. The van der Waals surface area contributed by atoms with Gasteiger partial charge < -0.3 is 4.42 Å². The monoisotopic (exact) mass is 468 g/mol. The Labute approximate surface area is 209 Å². The fourth-order valence-electron chi connectivity index (χ4n) is 4.21. The summed E-state index contributed by atoms with van der Waals surface area (Å²) in [6.45, 7) is 4.08. The van der Waals surface area contributed by atoms with Crippen molar-refractivity contribution in [2.24, 2.45) is 0 Å². The van der Waals surface area contributed by atoms with Crippen LogP contribution in [0.1, 0.15) is 25.7 Å². The number of hydrogen-bond donors (Lipinski definition) is 0. The van der Waals surface area contributed by atoms with Gasteiger partial charge in [-0.1, -0.05) is 92.7 Å². The van der Waals surface area contributed by atoms with Gasteiger partial charge in [-0.15, -0.1) is 10.2 Å². The molecule has 0 amide bonds. The molecule has 174 valence electrons. The van der Waals surface area contributed by atoms with E-state index in [9.17, 15) is 0 Å². The topological polar surface area (TPSA) is 64.7 Å². The summed E-state index contributed by atoms with van der Waals surface area (Å²) in [4.78, 5) is 9.97. The Morgan fingerprint density at radius 2 is 0.972 bits per heavy atom. The van der Waals surface area contributed by atoms with E-state index in [4.69, 9.17) is 14.4 Å². The summed E-state index contributed by atoms with van der Waals surface area (Å²) in [5, 5.41) is 8.31. The molecule has 0 N–H and O–H groups in total. The Morgan fingerprint density at radius 1 is 0.500 bits per heavy atom. The molecule has 0 spiro atoms. The van der Waals surface area contributed by atoms with Crippen molar-refractivity contribution in [1.29, 1.82) is 0 Å². The van der Waals surface area contributed by atoms with E-state index in [1.165, 1.54) is 0 Å². The van der Waals surface area contributed by atoms with E-state index >= 15 is 0 Å². The molecule has 36 heavy (non-hydrogen) atoms. The Kier molecular flexibility index (Phi) is 5.58. The molecule has 0 atom stereocenters. The molecule has 0 aliphatic carbocycles. The summed E-state index contributed by atoms with van der Waals surface area (Å²) in [7, 11) is 0. The molecule has 0 unspecified atom stereocenters. The summed E-state index contributed by atoms with van der Waals surface area (Å²) >= 11 is 0. The van der Waals surface area contributed by atoms with E-state index in [0.717, 1.165) is 50.2 Å². The second-order valence-corrected chi connectivity index (χ2v) is 9.03. The molecule has 2 aromatic heterocycles. The van der Waals surface area contributed by atoms with E-state index in [1.54, 1.807) is 0 Å². The first-order chi connectivity index (χ1) is 17.7. The Morgan fingerprint density at radius 3 is 1.50 bits per heavy atom. The van der Waals surface area contributed by atoms with Gasteiger partial charge in [0.05, 0.1) is 22.4 Å². The van der Waals surface area contributed by atoms with Gasteiger partial charge in [-0.25, -0.2) is 9.97 Å². The molecule has 0 saturated carbocycles. The van der Waals surface area contributed by atoms with E-state index < -0.39 is 0 Å². The van der Waals surface area contributed by atoms with E-state index in [-0.39, 0.29) is 5.92 Å². The van der Waals surface area contributed by atoms with E-state index in [0.29, 0.717) is 11.8 Å². The summed E-state index contributed by atoms with van der Waals surface area (Å²) in [5.74, 6) is 1.40. The molecule has 5 heteroatoms. The average Bonchev–Trinajstić information content (AvgIpc) is 3.44. The maximum Gasteiger partial charge on any atom is 0.247 e. The Hall–Kier alpha value is -4.64. The molecule has 5 nitrogen and oxygen atoms in total. The van der Waals surface area contributed by atoms with E-state index in [1.807, 2.05) is 68.4 Å². The standard InChI is InChI=1S/C31H24N4O/c1-20(2)30-34-35-31(36-30)25-18-14-22(15-19-25)21-12-16-24(17-13-21)29-28(23-8-4-3-5-9-23)32-26-10-6-7-11-27(26)33-29/h3-20H,1-2H3. The van der Waals surface area contributed by atoms with Gasteiger partial charge >= 0.3 is 0 Å². The van der Waals surface area contributed by atoms with Gasteiger partial charge in [-0.3, -0.25) is 0 Å². The van der Waals surface area contributed by atoms with Gasteiger partial charge in [0.25, 0.3) is 0 Å². The number of hydrogen-bond acceptors (Lipinski definition) is 5. The lowest BCUT2D eigenvalue weighted by Gasteiger charge is -2.11. The van der Waals surface area contributed by atoms with Gasteiger partial charge in [0.15, 0.2) is 0 Å². The smallest absolute Gasteiger partial charge is 0.247 e. The third-order valence-corrected chi connectivity index (χ3v) is 6.18. The highest BCUT2D eigenvalue weighted by molar-refractivity contribution is 5.86. The number of para-hydroxylation sites is 2. The molecule has 0 fully saturated rings. The fourth-order valence-corrected chi connectivity index (χ4v) is 4.21. The summed E-state index contributed by atoms with van der Waals surface area (Å²) in [5.41, 5.74) is 8.74. The van der Waals surface area contributed by atoms with Crippen molar-refractivity contribution in [2.45, 2.75) is 19.8 Å². The predicted molar refractivity (Wildman–Crippen MR) is 143 cm³/mol. The van der Waals surface area contributed by atoms with Gasteiger partial charge in [0.2, 0.25) is 11.8 Å². The third kappa shape index (κ3) is 4.16. The van der Waals surface area contributed by atoms with Crippen LogP contribution < -0.4 is 0 Å². The lowest BCUT2D eigenvalue weighted by atomic mass is 9.99. The van der Waals surface area contributed by atoms with Crippen molar-refractivity contribution in [3.63, 3.8) is 0 Å². The fraction of sp³-hybridized carbons (Fsp3) is 0.0968. The molecule has 4 aromatic carbocycles. The summed E-state index contributed by atoms with van der Waals surface area (Å²) < 4.78 is 5.78. The highest BCUT2D eigenvalue weighted by Crippen LogP contribution is 2.33. The van der Waals surface area contributed by atoms with Crippen LogP contribution in [0, 0.1) is 0 Å². The first-order valence-corrected chi connectivity index (χ1v) is 12.0. The quantitative estimate of drug-likeness (QED) is 0.258. The largest absolute Gasteiger partial charge is 0.420 e. The average molecular weight is 469 g/mol. The van der Waals surface area contributed by atoms with Crippen molar-refractivity contribution in [2.75, 3.05) is 0 Å². The van der Waals surface area contributed by atoms with Crippen LogP contribution in [0.3, 0.4) is 0 Å². The minimum atomic E-state index is 0.207. The molecule has 0 aliphatic heterocycles. The molecule has 0 bridgehead atoms. The van der Waals surface area contributed by atoms with Crippen LogP contribution in [0.25, 0.3) is 56.1 Å². The number of fused-ring (bicyclic) bond motifs is 1. The second kappa shape index (κ2) is 9.19. The molecule has 6 rings (SSSR count). The third-order valence-electron chi connectivity index (χ3n) is 6.18. The minimum Gasteiger partial charge on any atom is -0.420 e. The van der Waals surface area contributed by atoms with Crippen molar-refractivity contribution in [3.05, 3.63) is 109 Å².